The Balaban J connectivity index is 1.59. The number of carbonyl (C=O) groups is 2. The lowest BCUT2D eigenvalue weighted by molar-refractivity contribution is -0.141. The summed E-state index contributed by atoms with van der Waals surface area (Å²) in [6.07, 6.45) is 4.58. The van der Waals surface area contributed by atoms with Gasteiger partial charge in [0.1, 0.15) is 6.04 Å². The van der Waals surface area contributed by atoms with Gasteiger partial charge >= 0.3 is 0 Å². The predicted molar refractivity (Wildman–Crippen MR) is 141 cm³/mol. The Morgan fingerprint density at radius 3 is 1.97 bits per heavy atom. The lowest BCUT2D eigenvalue weighted by Gasteiger charge is -2.31. The van der Waals surface area contributed by atoms with E-state index in [9.17, 15) is 9.59 Å². The van der Waals surface area contributed by atoms with Crippen molar-refractivity contribution in [3.63, 3.8) is 0 Å². The quantitative estimate of drug-likeness (QED) is 0.382. The Kier molecular flexibility index (Phi) is 8.59. The first kappa shape index (κ1) is 25.0. The summed E-state index contributed by atoms with van der Waals surface area (Å²) < 4.78 is 0. The van der Waals surface area contributed by atoms with Crippen molar-refractivity contribution in [1.29, 1.82) is 0 Å². The number of rotatable bonds is 9. The largest absolute Gasteiger partial charge is 0.352 e. The molecular weight excluding hydrogens is 456 g/mol. The first-order chi connectivity index (χ1) is 17.0. The van der Waals surface area contributed by atoms with Crippen molar-refractivity contribution in [3.8, 4) is 0 Å². The average molecular weight is 489 g/mol. The van der Waals surface area contributed by atoms with Gasteiger partial charge in [0.15, 0.2) is 0 Å². The van der Waals surface area contributed by atoms with E-state index in [0.717, 1.165) is 42.4 Å². The molecular formula is C30H33ClN2O2. The van der Waals surface area contributed by atoms with Gasteiger partial charge in [-0.15, -0.1) is 0 Å². The highest BCUT2D eigenvalue weighted by Gasteiger charge is 2.30. The first-order valence-electron chi connectivity index (χ1n) is 12.5. The normalized spacial score (nSPS) is 14.6. The number of amides is 2. The number of nitrogens with zero attached hydrogens (tertiary/aromatic N) is 1. The Bertz CT molecular complexity index is 1060. The van der Waals surface area contributed by atoms with Gasteiger partial charge in [-0.3, -0.25) is 9.59 Å². The maximum absolute atomic E-state index is 13.9. The Morgan fingerprint density at radius 2 is 1.43 bits per heavy atom. The van der Waals surface area contributed by atoms with Gasteiger partial charge in [0.25, 0.3) is 0 Å². The van der Waals surface area contributed by atoms with Crippen LogP contribution in [0, 0.1) is 0 Å². The van der Waals surface area contributed by atoms with Crippen LogP contribution in [0.2, 0.25) is 5.02 Å². The summed E-state index contributed by atoms with van der Waals surface area (Å²) >= 11 is 6.08. The molecule has 0 spiro atoms. The molecule has 2 amide bonds. The molecule has 4 nitrogen and oxygen atoms in total. The van der Waals surface area contributed by atoms with Crippen molar-refractivity contribution in [3.05, 3.63) is 107 Å². The topological polar surface area (TPSA) is 49.4 Å². The number of hydrogen-bond donors (Lipinski definition) is 1. The van der Waals surface area contributed by atoms with Gasteiger partial charge in [-0.1, -0.05) is 97.2 Å². The van der Waals surface area contributed by atoms with Crippen molar-refractivity contribution in [2.45, 2.75) is 63.6 Å². The Morgan fingerprint density at radius 1 is 0.886 bits per heavy atom. The summed E-state index contributed by atoms with van der Waals surface area (Å²) in [5.41, 5.74) is 3.11. The Hall–Kier alpha value is -3.11. The van der Waals surface area contributed by atoms with Gasteiger partial charge < -0.3 is 10.2 Å². The second kappa shape index (κ2) is 12.0. The molecule has 1 fully saturated rings. The molecule has 0 radical (unpaired) electrons. The van der Waals surface area contributed by atoms with Gasteiger partial charge in [-0.25, -0.2) is 0 Å². The van der Waals surface area contributed by atoms with Crippen LogP contribution < -0.4 is 5.32 Å². The molecule has 3 aromatic rings. The summed E-state index contributed by atoms with van der Waals surface area (Å²) in [6, 6.07) is 27.3. The van der Waals surface area contributed by atoms with E-state index >= 15 is 0 Å². The van der Waals surface area contributed by atoms with Crippen LogP contribution in [0.1, 0.15) is 61.6 Å². The van der Waals surface area contributed by atoms with Crippen LogP contribution in [0.25, 0.3) is 0 Å². The monoisotopic (exact) mass is 488 g/mol. The molecule has 1 aliphatic carbocycles. The van der Waals surface area contributed by atoms with E-state index < -0.39 is 6.04 Å². The highest BCUT2D eigenvalue weighted by Crippen LogP contribution is 2.29. The lowest BCUT2D eigenvalue weighted by atomic mass is 9.88. The second-order valence-corrected chi connectivity index (χ2v) is 9.83. The minimum atomic E-state index is -0.578. The minimum absolute atomic E-state index is 0.0493. The van der Waals surface area contributed by atoms with Crippen molar-refractivity contribution in [1.82, 2.24) is 10.2 Å². The molecule has 1 unspecified atom stereocenters. The zero-order valence-corrected chi connectivity index (χ0v) is 21.0. The van der Waals surface area contributed by atoms with E-state index in [4.69, 9.17) is 11.6 Å². The average Bonchev–Trinajstić information content (AvgIpc) is 3.40. The predicted octanol–water partition coefficient (Wildman–Crippen LogP) is 6.34. The zero-order chi connectivity index (χ0) is 24.6. The highest BCUT2D eigenvalue weighted by molar-refractivity contribution is 6.30. The van der Waals surface area contributed by atoms with Crippen LogP contribution in [0.15, 0.2) is 84.9 Å². The van der Waals surface area contributed by atoms with Crippen molar-refractivity contribution >= 4 is 23.4 Å². The van der Waals surface area contributed by atoms with Crippen molar-refractivity contribution in [2.75, 3.05) is 0 Å². The Labute approximate surface area is 213 Å². The molecule has 1 saturated carbocycles. The van der Waals surface area contributed by atoms with E-state index in [1.165, 1.54) is 0 Å². The molecule has 0 heterocycles. The van der Waals surface area contributed by atoms with Crippen LogP contribution in [0.5, 0.6) is 0 Å². The molecule has 0 bridgehead atoms. The van der Waals surface area contributed by atoms with Crippen LogP contribution in [0.3, 0.4) is 0 Å². The van der Waals surface area contributed by atoms with Gasteiger partial charge in [0, 0.05) is 29.9 Å². The summed E-state index contributed by atoms with van der Waals surface area (Å²) in [5, 5.41) is 3.82. The second-order valence-electron chi connectivity index (χ2n) is 9.39. The van der Waals surface area contributed by atoms with Gasteiger partial charge in [-0.05, 0) is 48.6 Å². The fraction of sp³-hybridized carbons (Fsp3) is 0.333. The summed E-state index contributed by atoms with van der Waals surface area (Å²) in [4.78, 5) is 28.8. The summed E-state index contributed by atoms with van der Waals surface area (Å²) in [7, 11) is 0. The third kappa shape index (κ3) is 6.73. The maximum Gasteiger partial charge on any atom is 0.242 e. The van der Waals surface area contributed by atoms with Crippen LogP contribution >= 0.6 is 11.6 Å². The van der Waals surface area contributed by atoms with Crippen molar-refractivity contribution < 1.29 is 9.59 Å². The zero-order valence-electron chi connectivity index (χ0n) is 20.2. The van der Waals surface area contributed by atoms with E-state index in [2.05, 4.69) is 29.6 Å². The highest BCUT2D eigenvalue weighted by atomic mass is 35.5. The lowest BCUT2D eigenvalue weighted by Crippen LogP contribution is -2.49. The van der Waals surface area contributed by atoms with E-state index in [-0.39, 0.29) is 30.2 Å². The number of nitrogens with one attached hydrogen (secondary N) is 1. The van der Waals surface area contributed by atoms with E-state index in [1.807, 2.05) is 67.6 Å². The third-order valence-electron chi connectivity index (χ3n) is 6.92. The molecule has 5 heteroatoms. The third-order valence-corrected chi connectivity index (χ3v) is 7.17. The van der Waals surface area contributed by atoms with Crippen molar-refractivity contribution in [2.24, 2.45) is 0 Å². The van der Waals surface area contributed by atoms with E-state index in [1.54, 1.807) is 4.90 Å². The summed E-state index contributed by atoms with van der Waals surface area (Å²) in [5.74, 6) is -0.232. The molecule has 4 rings (SSSR count). The molecule has 1 aliphatic rings. The molecule has 182 valence electrons. The van der Waals surface area contributed by atoms with E-state index in [0.29, 0.717) is 11.6 Å². The number of halogens is 1. The molecule has 0 aliphatic heterocycles. The number of benzene rings is 3. The molecule has 0 saturated heterocycles. The van der Waals surface area contributed by atoms with Crippen LogP contribution in [0.4, 0.5) is 0 Å². The van der Waals surface area contributed by atoms with Gasteiger partial charge in [0.2, 0.25) is 11.8 Å². The molecule has 35 heavy (non-hydrogen) atoms. The first-order valence-corrected chi connectivity index (χ1v) is 12.8. The summed E-state index contributed by atoms with van der Waals surface area (Å²) in [6.45, 7) is 2.18. The number of carbonyl (C=O) groups excluding carboxylic acids is 2. The molecule has 1 N–H and O–H groups in total. The fourth-order valence-corrected chi connectivity index (χ4v) is 4.98. The number of hydrogen-bond acceptors (Lipinski definition) is 2. The fourth-order valence-electron chi connectivity index (χ4n) is 4.85. The van der Waals surface area contributed by atoms with Gasteiger partial charge in [-0.2, -0.15) is 0 Å². The molecule has 0 aromatic heterocycles. The molecule has 3 aromatic carbocycles. The smallest absolute Gasteiger partial charge is 0.242 e. The molecule has 1 atom stereocenters. The maximum atomic E-state index is 13.9. The van der Waals surface area contributed by atoms with Crippen LogP contribution in [-0.4, -0.2) is 28.8 Å². The van der Waals surface area contributed by atoms with Gasteiger partial charge in [0.05, 0.1) is 0 Å². The minimum Gasteiger partial charge on any atom is -0.352 e. The SMILES string of the molecule is CC(C(=O)NC1CCCC1)N(Cc1ccc(Cl)cc1)C(=O)CC(c1ccccc1)c1ccccc1. The standard InChI is InChI=1S/C30H33ClN2O2/c1-22(30(35)32-27-14-8-9-15-27)33(21-23-16-18-26(31)19-17-23)29(34)20-28(24-10-4-2-5-11-24)25-12-6-3-7-13-25/h2-7,10-13,16-19,22,27-28H,8-9,14-15,20-21H2,1H3,(H,32,35). The van der Waals surface area contributed by atoms with Crippen LogP contribution in [-0.2, 0) is 16.1 Å².